The van der Waals surface area contributed by atoms with Gasteiger partial charge in [0.25, 0.3) is 5.91 Å². The van der Waals surface area contributed by atoms with Crippen molar-refractivity contribution in [1.82, 2.24) is 15.3 Å². The Balaban J connectivity index is 1.26. The van der Waals surface area contributed by atoms with Crippen molar-refractivity contribution in [3.8, 4) is 22.5 Å². The summed E-state index contributed by atoms with van der Waals surface area (Å²) in [6.45, 7) is 0.470. The van der Waals surface area contributed by atoms with E-state index >= 15 is 0 Å². The number of aromatic carboxylic acids is 1. The normalized spacial score (nSPS) is 14.9. The van der Waals surface area contributed by atoms with Gasteiger partial charge in [-0.2, -0.15) is 0 Å². The third kappa shape index (κ3) is 4.54. The smallest absolute Gasteiger partial charge is 0.337 e. The number of aromatic nitrogens is 2. The summed E-state index contributed by atoms with van der Waals surface area (Å²) in [6, 6.07) is 19.2. The minimum absolute atomic E-state index is 0.133. The second kappa shape index (κ2) is 9.01. The number of carbonyl (C=O) groups is 2. The van der Waals surface area contributed by atoms with Crippen LogP contribution in [0.25, 0.3) is 22.5 Å². The molecule has 0 saturated heterocycles. The molecule has 7 nitrogen and oxygen atoms in total. The topological polar surface area (TPSA) is 121 Å². The molecule has 37 heavy (non-hydrogen) atoms. The molecule has 0 spiro atoms. The summed E-state index contributed by atoms with van der Waals surface area (Å²) in [5, 5.41) is 12.9. The zero-order valence-corrected chi connectivity index (χ0v) is 20.4. The van der Waals surface area contributed by atoms with E-state index < -0.39 is 5.97 Å². The molecule has 1 saturated carbocycles. The fourth-order valence-electron chi connectivity index (χ4n) is 5.16. The molecular weight excluding hydrogens is 464 g/mol. The molecule has 0 bridgehead atoms. The van der Waals surface area contributed by atoms with Crippen molar-refractivity contribution in [2.24, 2.45) is 5.73 Å². The number of carboxylic acids is 1. The summed E-state index contributed by atoms with van der Waals surface area (Å²) in [4.78, 5) is 32.9. The Bertz CT molecular complexity index is 1500. The number of hydrogen-bond donors (Lipinski definition) is 4. The largest absolute Gasteiger partial charge is 0.478 e. The van der Waals surface area contributed by atoms with Crippen LogP contribution in [0.5, 0.6) is 0 Å². The quantitative estimate of drug-likeness (QED) is 0.303. The van der Waals surface area contributed by atoms with Gasteiger partial charge in [-0.3, -0.25) is 9.78 Å². The van der Waals surface area contributed by atoms with Gasteiger partial charge in [-0.1, -0.05) is 42.5 Å². The van der Waals surface area contributed by atoms with E-state index in [0.717, 1.165) is 64.2 Å². The molecule has 6 rings (SSSR count). The van der Waals surface area contributed by atoms with Gasteiger partial charge in [-0.05, 0) is 60.6 Å². The Morgan fingerprint density at radius 2 is 1.81 bits per heavy atom. The lowest BCUT2D eigenvalue weighted by Gasteiger charge is -2.17. The monoisotopic (exact) mass is 492 g/mol. The number of aromatic amines is 1. The molecule has 0 unspecified atom stereocenters. The molecule has 2 aromatic carbocycles. The Hall–Kier alpha value is -4.23. The first-order chi connectivity index (χ1) is 17.9. The average molecular weight is 493 g/mol. The van der Waals surface area contributed by atoms with Gasteiger partial charge in [0.05, 0.1) is 17.0 Å². The Kier molecular flexibility index (Phi) is 5.65. The summed E-state index contributed by atoms with van der Waals surface area (Å²) < 4.78 is 0. The number of carbonyl (C=O) groups excluding carboxylic acids is 1. The number of pyridine rings is 1. The first-order valence-corrected chi connectivity index (χ1v) is 12.6. The molecule has 1 amide bonds. The summed E-state index contributed by atoms with van der Waals surface area (Å²) >= 11 is 0. The van der Waals surface area contributed by atoms with E-state index in [1.807, 2.05) is 54.7 Å². The van der Waals surface area contributed by atoms with Gasteiger partial charge in [0.1, 0.15) is 0 Å². The van der Waals surface area contributed by atoms with Crippen molar-refractivity contribution in [1.29, 1.82) is 0 Å². The summed E-state index contributed by atoms with van der Waals surface area (Å²) in [5.41, 5.74) is 14.2. The van der Waals surface area contributed by atoms with E-state index in [2.05, 4.69) is 15.3 Å². The predicted octanol–water partition coefficient (Wildman–Crippen LogP) is 4.50. The third-order valence-corrected chi connectivity index (χ3v) is 7.46. The number of carboxylic acid groups (broad SMARTS) is 1. The molecule has 1 fully saturated rings. The number of nitrogens with zero attached hydrogens (tertiary/aromatic N) is 1. The second-order valence-electron chi connectivity index (χ2n) is 10.1. The molecular formula is C30H28N4O3. The van der Waals surface area contributed by atoms with E-state index in [9.17, 15) is 14.7 Å². The SMILES string of the molecule is NC1(Cc2[nH]c3c(c2C(=O)O)CCc2cnc(-c4ccc(C(=O)NCc5ccccc5)cc4)cc2-3)CC1. The Morgan fingerprint density at radius 3 is 2.51 bits per heavy atom. The van der Waals surface area contributed by atoms with Gasteiger partial charge >= 0.3 is 5.97 Å². The number of amides is 1. The van der Waals surface area contributed by atoms with Crippen LogP contribution in [0.1, 0.15) is 55.9 Å². The van der Waals surface area contributed by atoms with E-state index in [4.69, 9.17) is 5.73 Å². The maximum absolute atomic E-state index is 12.6. The fraction of sp³-hybridized carbons (Fsp3) is 0.233. The van der Waals surface area contributed by atoms with Gasteiger partial charge < -0.3 is 21.1 Å². The van der Waals surface area contributed by atoms with Gasteiger partial charge in [0.15, 0.2) is 0 Å². The van der Waals surface area contributed by atoms with Crippen LogP contribution >= 0.6 is 0 Å². The van der Waals surface area contributed by atoms with Crippen molar-refractivity contribution in [2.45, 2.75) is 44.2 Å². The van der Waals surface area contributed by atoms with Crippen LogP contribution in [-0.4, -0.2) is 32.5 Å². The highest BCUT2D eigenvalue weighted by atomic mass is 16.4. The van der Waals surface area contributed by atoms with Crippen LogP contribution in [0, 0.1) is 0 Å². The lowest BCUT2D eigenvalue weighted by molar-refractivity contribution is 0.0694. The zero-order valence-electron chi connectivity index (χ0n) is 20.4. The Labute approximate surface area is 214 Å². The molecule has 0 atom stereocenters. The standard InChI is InChI=1S/C30H28N4O3/c31-30(12-13-30)15-25-26(29(36)37)22-11-10-21-17-32-24(14-23(21)27(22)34-25)19-6-8-20(9-7-19)28(35)33-16-18-4-2-1-3-5-18/h1-9,14,17,34H,10-13,15-16,31H2,(H,33,35)(H,36,37). The molecule has 186 valence electrons. The highest BCUT2D eigenvalue weighted by Crippen LogP contribution is 2.41. The van der Waals surface area contributed by atoms with Crippen molar-refractivity contribution in [3.63, 3.8) is 0 Å². The molecule has 2 aliphatic rings. The lowest BCUT2D eigenvalue weighted by atomic mass is 9.88. The van der Waals surface area contributed by atoms with Gasteiger partial charge in [-0.25, -0.2) is 4.79 Å². The van der Waals surface area contributed by atoms with Crippen LogP contribution < -0.4 is 11.1 Å². The number of rotatable bonds is 7. The number of aryl methyl sites for hydroxylation is 1. The van der Waals surface area contributed by atoms with Gasteiger partial charge in [0.2, 0.25) is 0 Å². The van der Waals surface area contributed by atoms with Gasteiger partial charge in [-0.15, -0.1) is 0 Å². The average Bonchev–Trinajstić information content (AvgIpc) is 3.52. The summed E-state index contributed by atoms with van der Waals surface area (Å²) in [7, 11) is 0. The maximum Gasteiger partial charge on any atom is 0.337 e. The minimum atomic E-state index is -0.907. The molecule has 0 aliphatic heterocycles. The Morgan fingerprint density at radius 1 is 1.05 bits per heavy atom. The maximum atomic E-state index is 12.6. The highest BCUT2D eigenvalue weighted by molar-refractivity contribution is 5.95. The number of hydrogen-bond acceptors (Lipinski definition) is 4. The number of benzene rings is 2. The van der Waals surface area contributed by atoms with E-state index in [-0.39, 0.29) is 11.4 Å². The zero-order chi connectivity index (χ0) is 25.6. The molecule has 2 heterocycles. The molecule has 2 aromatic heterocycles. The number of nitrogens with one attached hydrogen (secondary N) is 2. The highest BCUT2D eigenvalue weighted by Gasteiger charge is 2.40. The molecule has 7 heteroatoms. The van der Waals surface area contributed by atoms with Crippen molar-refractivity contribution in [2.75, 3.05) is 0 Å². The molecule has 0 radical (unpaired) electrons. The van der Waals surface area contributed by atoms with Gasteiger partial charge in [0, 0.05) is 47.1 Å². The van der Waals surface area contributed by atoms with E-state index in [0.29, 0.717) is 30.5 Å². The molecule has 4 aromatic rings. The summed E-state index contributed by atoms with van der Waals surface area (Å²) in [6.07, 6.45) is 5.65. The molecule has 5 N–H and O–H groups in total. The van der Waals surface area contributed by atoms with E-state index in [1.54, 1.807) is 12.1 Å². The van der Waals surface area contributed by atoms with Crippen LogP contribution in [-0.2, 0) is 25.8 Å². The van der Waals surface area contributed by atoms with E-state index in [1.165, 1.54) is 0 Å². The molecule has 2 aliphatic carbocycles. The first-order valence-electron chi connectivity index (χ1n) is 12.6. The first kappa shape index (κ1) is 23.2. The lowest BCUT2D eigenvalue weighted by Crippen LogP contribution is -2.25. The van der Waals surface area contributed by atoms with Crippen molar-refractivity contribution >= 4 is 11.9 Å². The third-order valence-electron chi connectivity index (χ3n) is 7.46. The number of H-pyrrole nitrogens is 1. The number of nitrogens with two attached hydrogens (primary N) is 1. The fourth-order valence-corrected chi connectivity index (χ4v) is 5.16. The minimum Gasteiger partial charge on any atom is -0.478 e. The van der Waals surface area contributed by atoms with Crippen molar-refractivity contribution in [3.05, 3.63) is 100 Å². The van der Waals surface area contributed by atoms with Crippen LogP contribution in [0.15, 0.2) is 66.9 Å². The summed E-state index contributed by atoms with van der Waals surface area (Å²) in [5.74, 6) is -1.04. The van der Waals surface area contributed by atoms with Crippen LogP contribution in [0.3, 0.4) is 0 Å². The van der Waals surface area contributed by atoms with Crippen molar-refractivity contribution < 1.29 is 14.7 Å². The van der Waals surface area contributed by atoms with Crippen LogP contribution in [0.4, 0.5) is 0 Å². The predicted molar refractivity (Wildman–Crippen MR) is 141 cm³/mol. The van der Waals surface area contributed by atoms with Crippen LogP contribution in [0.2, 0.25) is 0 Å². The second-order valence-corrected chi connectivity index (χ2v) is 10.1. The number of fused-ring (bicyclic) bond motifs is 3.